The van der Waals surface area contributed by atoms with Crippen LogP contribution in [-0.4, -0.2) is 48.9 Å². The molecule has 0 amide bonds. The summed E-state index contributed by atoms with van der Waals surface area (Å²) in [6, 6.07) is 0. The number of esters is 1. The van der Waals surface area contributed by atoms with Gasteiger partial charge < -0.3 is 20.3 Å². The average Bonchev–Trinajstić information content (AvgIpc) is 3.19. The molecule has 3 rings (SSSR count). The van der Waals surface area contributed by atoms with Gasteiger partial charge >= 0.3 is 12.0 Å². The highest BCUT2D eigenvalue weighted by molar-refractivity contribution is 5.81. The number of nitrogen functional groups attached to an aromatic ring is 1. The Kier molecular flexibility index (Phi) is 5.25. The van der Waals surface area contributed by atoms with E-state index in [1.807, 2.05) is 6.92 Å². The molecule has 1 aliphatic rings. The zero-order valence-electron chi connectivity index (χ0n) is 14.8. The molecule has 0 spiro atoms. The van der Waals surface area contributed by atoms with Gasteiger partial charge in [0.05, 0.1) is 6.33 Å². The van der Waals surface area contributed by atoms with Crippen molar-refractivity contribution >= 4 is 23.0 Å². The van der Waals surface area contributed by atoms with E-state index in [9.17, 15) is 14.3 Å². The highest BCUT2D eigenvalue weighted by Gasteiger charge is 2.49. The van der Waals surface area contributed by atoms with Crippen molar-refractivity contribution in [3.05, 3.63) is 12.4 Å². The van der Waals surface area contributed by atoms with Crippen LogP contribution in [0.2, 0.25) is 0 Å². The summed E-state index contributed by atoms with van der Waals surface area (Å²) in [4.78, 5) is 22.9. The van der Waals surface area contributed by atoms with Crippen LogP contribution >= 0.6 is 0 Å². The van der Waals surface area contributed by atoms with Gasteiger partial charge in [-0.2, -0.15) is 14.4 Å². The maximum absolute atomic E-state index is 13.5. The Morgan fingerprint density at radius 3 is 3.11 bits per heavy atom. The Morgan fingerprint density at radius 1 is 1.63 bits per heavy atom. The predicted octanol–water partition coefficient (Wildman–Crippen LogP) is 0.933. The van der Waals surface area contributed by atoms with E-state index in [0.717, 1.165) is 6.42 Å². The molecular formula is C17H20FN5O4. The molecule has 2 aromatic heterocycles. The summed E-state index contributed by atoms with van der Waals surface area (Å²) in [5, 5.41) is 10.5. The Hall–Kier alpha value is -2.77. The van der Waals surface area contributed by atoms with E-state index < -0.39 is 30.0 Å². The van der Waals surface area contributed by atoms with Gasteiger partial charge in [0.15, 0.2) is 22.6 Å². The zero-order chi connectivity index (χ0) is 19.6. The molecule has 27 heavy (non-hydrogen) atoms. The number of unbranched alkanes of at least 4 members (excludes halogenated alkanes) is 1. The molecule has 9 nitrogen and oxygen atoms in total. The molecule has 10 heteroatoms. The molecule has 0 aliphatic carbocycles. The van der Waals surface area contributed by atoms with Gasteiger partial charge in [0.25, 0.3) is 0 Å². The number of rotatable bonds is 6. The summed E-state index contributed by atoms with van der Waals surface area (Å²) in [5.41, 5.74) is 4.46. The molecule has 1 fully saturated rings. The number of nitrogens with zero attached hydrogens (tertiary/aromatic N) is 4. The Morgan fingerprint density at radius 2 is 2.41 bits per heavy atom. The number of fused-ring (bicyclic) bond motifs is 1. The van der Waals surface area contributed by atoms with E-state index in [2.05, 4.69) is 20.9 Å². The summed E-state index contributed by atoms with van der Waals surface area (Å²) >= 11 is 0. The van der Waals surface area contributed by atoms with Gasteiger partial charge in [-0.3, -0.25) is 9.36 Å². The second-order valence-electron chi connectivity index (χ2n) is 6.32. The number of terminal acetylenes is 1. The van der Waals surface area contributed by atoms with Crippen LogP contribution in [0, 0.1) is 18.4 Å². The Balaban J connectivity index is 1.81. The van der Waals surface area contributed by atoms with Gasteiger partial charge in [-0.05, 0) is 6.42 Å². The van der Waals surface area contributed by atoms with Crippen molar-refractivity contribution in [2.45, 2.75) is 50.5 Å². The maximum atomic E-state index is 13.5. The molecule has 1 aliphatic heterocycles. The minimum absolute atomic E-state index is 0.0771. The minimum atomic E-state index is -1.51. The molecule has 144 valence electrons. The summed E-state index contributed by atoms with van der Waals surface area (Å²) in [5.74, 6) is 1.86. The van der Waals surface area contributed by atoms with Crippen LogP contribution in [0.1, 0.15) is 38.8 Å². The Labute approximate surface area is 154 Å². The molecule has 3 N–H and O–H groups in total. The number of hydrogen-bond acceptors (Lipinski definition) is 8. The van der Waals surface area contributed by atoms with Crippen LogP contribution in [-0.2, 0) is 14.3 Å². The monoisotopic (exact) mass is 377 g/mol. The molecule has 0 unspecified atom stereocenters. The molecule has 3 heterocycles. The summed E-state index contributed by atoms with van der Waals surface area (Å²) < 4.78 is 26.0. The van der Waals surface area contributed by atoms with Gasteiger partial charge in [-0.1, -0.05) is 19.3 Å². The number of aromatic nitrogens is 4. The van der Waals surface area contributed by atoms with Crippen LogP contribution in [0.5, 0.6) is 0 Å². The van der Waals surface area contributed by atoms with E-state index in [4.69, 9.17) is 21.6 Å². The van der Waals surface area contributed by atoms with Crippen molar-refractivity contribution in [1.29, 1.82) is 0 Å². The number of carbonyl (C=O) groups excluding carboxylic acids is 1. The lowest BCUT2D eigenvalue weighted by atomic mass is 9.99. The molecule has 0 saturated carbocycles. The standard InChI is InChI=1S/C17H20FN5O4/c1-3-5-6-12(25)26-8-17(4-2)10(24)7-11(27-17)23-9-20-13-14(19)21-16(18)22-15(13)23/h2,9-11,24H,3,5-8H2,1H3,(H2,19,21,22)/t10-,11+,17+/m0/s1. The third kappa shape index (κ3) is 3.56. The van der Waals surface area contributed by atoms with Crippen molar-refractivity contribution in [2.24, 2.45) is 0 Å². The van der Waals surface area contributed by atoms with Crippen molar-refractivity contribution < 1.29 is 23.8 Å². The van der Waals surface area contributed by atoms with Gasteiger partial charge in [0, 0.05) is 12.8 Å². The van der Waals surface area contributed by atoms with Crippen molar-refractivity contribution in [3.8, 4) is 12.3 Å². The first-order valence-corrected chi connectivity index (χ1v) is 8.55. The first-order valence-electron chi connectivity index (χ1n) is 8.55. The number of anilines is 1. The first-order chi connectivity index (χ1) is 12.9. The van der Waals surface area contributed by atoms with Crippen molar-refractivity contribution in [3.63, 3.8) is 0 Å². The lowest BCUT2D eigenvalue weighted by Gasteiger charge is -2.26. The molecular weight excluding hydrogens is 357 g/mol. The summed E-state index contributed by atoms with van der Waals surface area (Å²) in [6.45, 7) is 1.67. The smallest absolute Gasteiger partial charge is 0.312 e. The van der Waals surface area contributed by atoms with E-state index in [-0.39, 0.29) is 36.4 Å². The Bertz CT molecular complexity index is 895. The van der Waals surface area contributed by atoms with E-state index in [1.54, 1.807) is 0 Å². The first kappa shape index (κ1) is 19.0. The fraction of sp³-hybridized carbons (Fsp3) is 0.529. The fourth-order valence-electron chi connectivity index (χ4n) is 2.93. The molecule has 2 aromatic rings. The lowest BCUT2D eigenvalue weighted by Crippen LogP contribution is -2.43. The number of ether oxygens (including phenoxy) is 2. The van der Waals surface area contributed by atoms with E-state index in [0.29, 0.717) is 6.42 Å². The SMILES string of the molecule is C#C[C@]1(COC(=O)CCCC)O[C@@H](n2cnc3c(N)nc(F)nc32)C[C@@H]1O. The highest BCUT2D eigenvalue weighted by Crippen LogP contribution is 2.38. The van der Waals surface area contributed by atoms with Gasteiger partial charge in [0.2, 0.25) is 0 Å². The van der Waals surface area contributed by atoms with Gasteiger partial charge in [-0.15, -0.1) is 6.42 Å². The number of imidazole rings is 1. The molecule has 3 atom stereocenters. The average molecular weight is 377 g/mol. The number of carbonyl (C=O) groups is 1. The third-order valence-corrected chi connectivity index (χ3v) is 4.47. The number of hydrogen-bond donors (Lipinski definition) is 2. The number of aliphatic hydroxyl groups is 1. The zero-order valence-corrected chi connectivity index (χ0v) is 14.8. The summed E-state index contributed by atoms with van der Waals surface area (Å²) in [7, 11) is 0. The van der Waals surface area contributed by atoms with E-state index in [1.165, 1.54) is 10.9 Å². The third-order valence-electron chi connectivity index (χ3n) is 4.47. The normalized spacial score (nSPS) is 24.8. The number of halogens is 1. The van der Waals surface area contributed by atoms with E-state index >= 15 is 0 Å². The van der Waals surface area contributed by atoms with Crippen LogP contribution in [0.3, 0.4) is 0 Å². The van der Waals surface area contributed by atoms with Crippen molar-refractivity contribution in [1.82, 2.24) is 19.5 Å². The molecule has 1 saturated heterocycles. The quantitative estimate of drug-likeness (QED) is 0.433. The molecule has 0 aromatic carbocycles. The van der Waals surface area contributed by atoms with Crippen LogP contribution in [0.15, 0.2) is 6.33 Å². The fourth-order valence-corrected chi connectivity index (χ4v) is 2.93. The molecule has 0 bridgehead atoms. The van der Waals surface area contributed by atoms with Crippen LogP contribution < -0.4 is 5.73 Å². The van der Waals surface area contributed by atoms with Crippen molar-refractivity contribution in [2.75, 3.05) is 12.3 Å². The summed E-state index contributed by atoms with van der Waals surface area (Å²) in [6.07, 6.45) is 5.91. The van der Waals surface area contributed by atoms with Gasteiger partial charge in [0.1, 0.15) is 18.9 Å². The highest BCUT2D eigenvalue weighted by atomic mass is 19.1. The number of nitrogens with two attached hydrogens (primary N) is 1. The van der Waals surface area contributed by atoms with Gasteiger partial charge in [-0.25, -0.2) is 4.98 Å². The topological polar surface area (TPSA) is 125 Å². The van der Waals surface area contributed by atoms with Crippen LogP contribution in [0.25, 0.3) is 11.2 Å². The lowest BCUT2D eigenvalue weighted by molar-refractivity contribution is -0.156. The minimum Gasteiger partial charge on any atom is -0.461 e. The number of aliphatic hydroxyl groups excluding tert-OH is 1. The second kappa shape index (κ2) is 7.46. The largest absolute Gasteiger partial charge is 0.461 e. The maximum Gasteiger partial charge on any atom is 0.312 e. The second-order valence-corrected chi connectivity index (χ2v) is 6.32. The van der Waals surface area contributed by atoms with Crippen LogP contribution in [0.4, 0.5) is 10.2 Å². The molecule has 0 radical (unpaired) electrons. The predicted molar refractivity (Wildman–Crippen MR) is 92.5 cm³/mol.